The van der Waals surface area contributed by atoms with Gasteiger partial charge in [0.25, 0.3) is 0 Å². The van der Waals surface area contributed by atoms with Gasteiger partial charge in [-0.2, -0.15) is 0 Å². The summed E-state index contributed by atoms with van der Waals surface area (Å²) in [6.45, 7) is 7.62. The van der Waals surface area contributed by atoms with Crippen molar-refractivity contribution in [3.8, 4) is 0 Å². The Morgan fingerprint density at radius 3 is 2.66 bits per heavy atom. The van der Waals surface area contributed by atoms with E-state index >= 15 is 0 Å². The second-order valence-electron chi connectivity index (χ2n) is 8.21. The average molecular weight is 393 g/mol. The molecule has 0 saturated carbocycles. The number of benzene rings is 1. The molecule has 2 aromatic rings. The number of amides is 2. The highest BCUT2D eigenvalue weighted by Gasteiger charge is 2.32. The highest BCUT2D eigenvalue weighted by molar-refractivity contribution is 5.83. The van der Waals surface area contributed by atoms with Crippen LogP contribution in [0.15, 0.2) is 30.5 Å². The Balaban J connectivity index is 1.48. The summed E-state index contributed by atoms with van der Waals surface area (Å²) >= 11 is 0. The predicted molar refractivity (Wildman–Crippen MR) is 110 cm³/mol. The lowest BCUT2D eigenvalue weighted by molar-refractivity contribution is -0.133. The van der Waals surface area contributed by atoms with Crippen molar-refractivity contribution in [2.45, 2.75) is 58.5 Å². The van der Waals surface area contributed by atoms with Crippen molar-refractivity contribution < 1.29 is 9.59 Å². The van der Waals surface area contributed by atoms with Gasteiger partial charge in [-0.1, -0.05) is 29.8 Å². The summed E-state index contributed by atoms with van der Waals surface area (Å²) in [5.41, 5.74) is 4.26. The molecular formula is C23H28N4O2. The zero-order valence-electron chi connectivity index (χ0n) is 17.4. The SMILES string of the molecule is CC(=O)N1CCC[C@H]1c1ncc2c(n1)CCN(C(=O)[C@@H](C)c1ccc(C)cc1)C2. The summed E-state index contributed by atoms with van der Waals surface area (Å²) < 4.78 is 0. The van der Waals surface area contributed by atoms with Crippen molar-refractivity contribution in [3.05, 3.63) is 58.7 Å². The minimum Gasteiger partial charge on any atom is -0.337 e. The number of carbonyl (C=O) groups is 2. The van der Waals surface area contributed by atoms with Crippen LogP contribution in [0.5, 0.6) is 0 Å². The van der Waals surface area contributed by atoms with E-state index in [9.17, 15) is 9.59 Å². The molecule has 0 spiro atoms. The molecule has 6 nitrogen and oxygen atoms in total. The molecule has 1 saturated heterocycles. The van der Waals surface area contributed by atoms with Crippen LogP contribution in [0.1, 0.15) is 66.9 Å². The number of rotatable bonds is 3. The first-order valence-electron chi connectivity index (χ1n) is 10.4. The van der Waals surface area contributed by atoms with Crippen LogP contribution in [0.25, 0.3) is 0 Å². The van der Waals surface area contributed by atoms with Gasteiger partial charge in [0.05, 0.1) is 17.7 Å². The van der Waals surface area contributed by atoms with E-state index in [-0.39, 0.29) is 23.8 Å². The highest BCUT2D eigenvalue weighted by Crippen LogP contribution is 2.31. The molecule has 1 fully saturated rings. The maximum atomic E-state index is 13.0. The van der Waals surface area contributed by atoms with Crippen molar-refractivity contribution in [3.63, 3.8) is 0 Å². The first-order chi connectivity index (χ1) is 13.9. The Morgan fingerprint density at radius 1 is 1.17 bits per heavy atom. The number of aryl methyl sites for hydroxylation is 1. The third kappa shape index (κ3) is 3.88. The van der Waals surface area contributed by atoms with Crippen LogP contribution in [-0.4, -0.2) is 44.7 Å². The van der Waals surface area contributed by atoms with E-state index in [0.29, 0.717) is 13.1 Å². The molecule has 2 atom stereocenters. The Bertz CT molecular complexity index is 925. The van der Waals surface area contributed by atoms with E-state index in [1.54, 1.807) is 6.92 Å². The van der Waals surface area contributed by atoms with Crippen LogP contribution in [0.2, 0.25) is 0 Å². The Kier molecular flexibility index (Phi) is 5.35. The van der Waals surface area contributed by atoms with E-state index in [1.807, 2.05) is 54.1 Å². The lowest BCUT2D eigenvalue weighted by atomic mass is 9.97. The predicted octanol–water partition coefficient (Wildman–Crippen LogP) is 3.16. The van der Waals surface area contributed by atoms with Crippen LogP contribution in [0, 0.1) is 6.92 Å². The smallest absolute Gasteiger partial charge is 0.230 e. The molecule has 0 radical (unpaired) electrons. The molecule has 0 aliphatic carbocycles. The lowest BCUT2D eigenvalue weighted by Gasteiger charge is -2.31. The van der Waals surface area contributed by atoms with Crippen molar-refractivity contribution in [2.24, 2.45) is 0 Å². The summed E-state index contributed by atoms with van der Waals surface area (Å²) in [6.07, 6.45) is 4.48. The molecule has 2 aliphatic heterocycles. The topological polar surface area (TPSA) is 66.4 Å². The second-order valence-corrected chi connectivity index (χ2v) is 8.21. The largest absolute Gasteiger partial charge is 0.337 e. The minimum atomic E-state index is -0.167. The molecule has 2 aliphatic rings. The summed E-state index contributed by atoms with van der Waals surface area (Å²) in [4.78, 5) is 38.0. The normalized spacial score (nSPS) is 19.8. The first kappa shape index (κ1) is 19.6. The zero-order chi connectivity index (χ0) is 20.5. The number of fused-ring (bicyclic) bond motifs is 1. The number of carbonyl (C=O) groups excluding carboxylic acids is 2. The quantitative estimate of drug-likeness (QED) is 0.805. The van der Waals surface area contributed by atoms with Gasteiger partial charge in [0, 0.05) is 44.7 Å². The fraction of sp³-hybridized carbons (Fsp3) is 0.478. The van der Waals surface area contributed by atoms with Gasteiger partial charge in [-0.25, -0.2) is 9.97 Å². The molecule has 152 valence electrons. The van der Waals surface area contributed by atoms with Crippen LogP contribution >= 0.6 is 0 Å². The van der Waals surface area contributed by atoms with E-state index in [0.717, 1.165) is 48.5 Å². The van der Waals surface area contributed by atoms with Gasteiger partial charge in [-0.3, -0.25) is 9.59 Å². The van der Waals surface area contributed by atoms with E-state index < -0.39 is 0 Å². The summed E-state index contributed by atoms with van der Waals surface area (Å²) in [6, 6.07) is 8.15. The summed E-state index contributed by atoms with van der Waals surface area (Å²) in [5, 5.41) is 0. The highest BCUT2D eigenvalue weighted by atomic mass is 16.2. The number of aromatic nitrogens is 2. The third-order valence-electron chi connectivity index (χ3n) is 6.17. The number of likely N-dealkylation sites (tertiary alicyclic amines) is 1. The molecular weight excluding hydrogens is 364 g/mol. The van der Waals surface area contributed by atoms with Crippen LogP contribution in [-0.2, 0) is 22.6 Å². The van der Waals surface area contributed by atoms with Gasteiger partial charge in [0.15, 0.2) is 5.82 Å². The first-order valence-corrected chi connectivity index (χ1v) is 10.4. The standard InChI is InChI=1S/C23H28N4O2/c1-15-6-8-18(9-7-15)16(2)23(29)26-12-10-20-19(14-26)13-24-22(25-20)21-5-4-11-27(21)17(3)28/h6-9,13,16,21H,4-5,10-12,14H2,1-3H3/t16-,21-/m0/s1. The van der Waals surface area contributed by atoms with Gasteiger partial charge in [-0.15, -0.1) is 0 Å². The fourth-order valence-electron chi connectivity index (χ4n) is 4.36. The molecule has 0 N–H and O–H groups in total. The molecule has 29 heavy (non-hydrogen) atoms. The molecule has 0 unspecified atom stereocenters. The maximum Gasteiger partial charge on any atom is 0.230 e. The van der Waals surface area contributed by atoms with Crippen LogP contribution in [0.3, 0.4) is 0 Å². The molecule has 4 rings (SSSR count). The minimum absolute atomic E-state index is 0.0148. The second kappa shape index (κ2) is 7.93. The maximum absolute atomic E-state index is 13.0. The molecule has 3 heterocycles. The molecule has 2 amide bonds. The summed E-state index contributed by atoms with van der Waals surface area (Å²) in [7, 11) is 0. The Labute approximate surface area is 172 Å². The molecule has 0 bridgehead atoms. The Hall–Kier alpha value is -2.76. The van der Waals surface area contributed by atoms with Crippen LogP contribution < -0.4 is 0 Å². The fourth-order valence-corrected chi connectivity index (χ4v) is 4.36. The van der Waals surface area contributed by atoms with Crippen molar-refractivity contribution in [1.82, 2.24) is 19.8 Å². The van der Waals surface area contributed by atoms with Crippen molar-refractivity contribution in [1.29, 1.82) is 0 Å². The van der Waals surface area contributed by atoms with Crippen molar-refractivity contribution in [2.75, 3.05) is 13.1 Å². The monoisotopic (exact) mass is 392 g/mol. The lowest BCUT2D eigenvalue weighted by Crippen LogP contribution is -2.39. The Morgan fingerprint density at radius 2 is 1.93 bits per heavy atom. The molecule has 1 aromatic heterocycles. The zero-order valence-corrected chi connectivity index (χ0v) is 17.4. The number of nitrogens with zero attached hydrogens (tertiary/aromatic N) is 4. The van der Waals surface area contributed by atoms with Gasteiger partial charge in [0.2, 0.25) is 11.8 Å². The average Bonchev–Trinajstić information content (AvgIpc) is 3.23. The van der Waals surface area contributed by atoms with E-state index in [1.165, 1.54) is 5.56 Å². The van der Waals surface area contributed by atoms with Gasteiger partial charge in [-0.05, 0) is 32.3 Å². The van der Waals surface area contributed by atoms with Crippen LogP contribution in [0.4, 0.5) is 0 Å². The molecule has 1 aromatic carbocycles. The van der Waals surface area contributed by atoms with E-state index in [4.69, 9.17) is 4.98 Å². The number of hydrogen-bond acceptors (Lipinski definition) is 4. The van der Waals surface area contributed by atoms with Gasteiger partial charge >= 0.3 is 0 Å². The van der Waals surface area contributed by atoms with E-state index in [2.05, 4.69) is 4.98 Å². The summed E-state index contributed by atoms with van der Waals surface area (Å²) in [5.74, 6) is 0.794. The third-order valence-corrected chi connectivity index (χ3v) is 6.17. The van der Waals surface area contributed by atoms with Gasteiger partial charge < -0.3 is 9.80 Å². The molecule has 6 heteroatoms. The van der Waals surface area contributed by atoms with Gasteiger partial charge in [0.1, 0.15) is 0 Å². The van der Waals surface area contributed by atoms with Crippen molar-refractivity contribution >= 4 is 11.8 Å². The number of hydrogen-bond donors (Lipinski definition) is 0.